The highest BCUT2D eigenvalue weighted by atomic mass is 16.3. The first-order chi connectivity index (χ1) is 16.2. The van der Waals surface area contributed by atoms with Crippen LogP contribution in [0.3, 0.4) is 0 Å². The van der Waals surface area contributed by atoms with Crippen LogP contribution in [0.25, 0.3) is 0 Å². The Kier molecular flexibility index (Phi) is 9.88. The number of hydrazone groups is 2. The van der Waals surface area contributed by atoms with Crippen LogP contribution >= 0.6 is 0 Å². The first-order valence-corrected chi connectivity index (χ1v) is 10.9. The van der Waals surface area contributed by atoms with Crippen molar-refractivity contribution < 1.29 is 30.0 Å². The molecule has 10 heteroatoms. The number of aromatic hydroxyl groups is 4. The van der Waals surface area contributed by atoms with Crippen molar-refractivity contribution in [3.63, 3.8) is 0 Å². The van der Waals surface area contributed by atoms with Crippen molar-refractivity contribution in [1.82, 2.24) is 10.9 Å². The number of benzene rings is 2. The molecule has 0 atom stereocenters. The largest absolute Gasteiger partial charge is 0.508 e. The standard InChI is InChI=1S/C24H30N4O6/c1-15(19-11-9-17(29)13-21(19)31)25-27-23(33)7-5-3-4-6-8-24(34)28-26-16(2)20-12-10-18(30)14-22(20)32/h9-14,29-32H,3-8H2,1-2H3,(H,27,33)(H,28,34). The van der Waals surface area contributed by atoms with Gasteiger partial charge in [0.1, 0.15) is 23.0 Å². The van der Waals surface area contributed by atoms with E-state index in [-0.39, 0.29) is 47.7 Å². The Balaban J connectivity index is 1.62. The molecule has 0 spiro atoms. The summed E-state index contributed by atoms with van der Waals surface area (Å²) in [5.41, 5.74) is 6.54. The number of hydrogen-bond acceptors (Lipinski definition) is 8. The fourth-order valence-corrected chi connectivity index (χ4v) is 3.10. The minimum absolute atomic E-state index is 0.0622. The predicted molar refractivity (Wildman–Crippen MR) is 128 cm³/mol. The molecule has 0 saturated heterocycles. The maximum Gasteiger partial charge on any atom is 0.240 e. The average molecular weight is 471 g/mol. The lowest BCUT2D eigenvalue weighted by Crippen LogP contribution is -2.19. The number of carbonyl (C=O) groups is 2. The summed E-state index contributed by atoms with van der Waals surface area (Å²) in [7, 11) is 0. The van der Waals surface area contributed by atoms with Crippen molar-refractivity contribution in [2.24, 2.45) is 10.2 Å². The molecule has 2 amide bonds. The Morgan fingerprint density at radius 1 is 0.676 bits per heavy atom. The van der Waals surface area contributed by atoms with Crippen molar-refractivity contribution in [1.29, 1.82) is 0 Å². The molecule has 0 saturated carbocycles. The van der Waals surface area contributed by atoms with Gasteiger partial charge >= 0.3 is 0 Å². The van der Waals surface area contributed by atoms with E-state index >= 15 is 0 Å². The highest BCUT2D eigenvalue weighted by molar-refractivity contribution is 6.02. The number of nitrogens with zero attached hydrogens (tertiary/aromatic N) is 2. The molecule has 10 nitrogen and oxygen atoms in total. The van der Waals surface area contributed by atoms with E-state index in [0.29, 0.717) is 35.4 Å². The third-order valence-corrected chi connectivity index (χ3v) is 5.00. The van der Waals surface area contributed by atoms with E-state index in [2.05, 4.69) is 21.1 Å². The SMILES string of the molecule is CC(=NNC(=O)CCCCCCC(=O)NN=C(C)c1ccc(O)cc1O)c1ccc(O)cc1O. The third kappa shape index (κ3) is 8.45. The van der Waals surface area contributed by atoms with Gasteiger partial charge < -0.3 is 20.4 Å². The Labute approximate surface area is 197 Å². The van der Waals surface area contributed by atoms with Crippen LogP contribution in [0.5, 0.6) is 23.0 Å². The zero-order chi connectivity index (χ0) is 25.1. The topological polar surface area (TPSA) is 164 Å². The maximum atomic E-state index is 11.9. The normalized spacial score (nSPS) is 11.8. The van der Waals surface area contributed by atoms with Crippen LogP contribution in [0, 0.1) is 0 Å². The molecule has 0 radical (unpaired) electrons. The van der Waals surface area contributed by atoms with Gasteiger partial charge in [0.15, 0.2) is 0 Å². The molecule has 34 heavy (non-hydrogen) atoms. The van der Waals surface area contributed by atoms with Gasteiger partial charge in [0.2, 0.25) is 11.8 Å². The monoisotopic (exact) mass is 470 g/mol. The minimum atomic E-state index is -0.252. The fraction of sp³-hybridized carbons (Fsp3) is 0.333. The zero-order valence-electron chi connectivity index (χ0n) is 19.2. The van der Waals surface area contributed by atoms with E-state index in [1.165, 1.54) is 36.4 Å². The van der Waals surface area contributed by atoms with E-state index in [9.17, 15) is 30.0 Å². The average Bonchev–Trinajstić information content (AvgIpc) is 2.78. The van der Waals surface area contributed by atoms with Crippen LogP contribution in [0.4, 0.5) is 0 Å². The molecule has 2 aromatic carbocycles. The predicted octanol–water partition coefficient (Wildman–Crippen LogP) is 3.23. The van der Waals surface area contributed by atoms with Crippen molar-refractivity contribution in [3.8, 4) is 23.0 Å². The van der Waals surface area contributed by atoms with E-state index in [1.807, 2.05) is 0 Å². The van der Waals surface area contributed by atoms with E-state index < -0.39 is 0 Å². The lowest BCUT2D eigenvalue weighted by atomic mass is 10.1. The van der Waals surface area contributed by atoms with Gasteiger partial charge in [-0.15, -0.1) is 0 Å². The summed E-state index contributed by atoms with van der Waals surface area (Å²) in [6.45, 7) is 3.27. The molecule has 0 aliphatic rings. The molecule has 0 aliphatic heterocycles. The second-order valence-electron chi connectivity index (χ2n) is 7.78. The molecule has 0 unspecified atom stereocenters. The molecule has 2 rings (SSSR count). The molecule has 0 heterocycles. The van der Waals surface area contributed by atoms with E-state index in [4.69, 9.17) is 0 Å². The fourth-order valence-electron chi connectivity index (χ4n) is 3.10. The number of phenolic OH excluding ortho intramolecular Hbond substituents is 4. The van der Waals surface area contributed by atoms with Gasteiger partial charge in [0.25, 0.3) is 0 Å². The zero-order valence-corrected chi connectivity index (χ0v) is 19.2. The summed E-state index contributed by atoms with van der Waals surface area (Å²) >= 11 is 0. The summed E-state index contributed by atoms with van der Waals surface area (Å²) in [6, 6.07) is 8.26. The van der Waals surface area contributed by atoms with Gasteiger partial charge in [-0.05, 0) is 51.0 Å². The van der Waals surface area contributed by atoms with Crippen molar-refractivity contribution >= 4 is 23.2 Å². The number of unbranched alkanes of at least 4 members (excludes halogenated alkanes) is 3. The van der Waals surface area contributed by atoms with Gasteiger partial charge in [-0.25, -0.2) is 10.9 Å². The second kappa shape index (κ2) is 12.8. The maximum absolute atomic E-state index is 11.9. The third-order valence-electron chi connectivity index (χ3n) is 5.00. The van der Waals surface area contributed by atoms with Gasteiger partial charge in [-0.1, -0.05) is 12.8 Å². The van der Waals surface area contributed by atoms with E-state index in [1.54, 1.807) is 13.8 Å². The van der Waals surface area contributed by atoms with Crippen molar-refractivity contribution in [3.05, 3.63) is 47.5 Å². The number of rotatable bonds is 11. The Hall–Kier alpha value is -4.08. The summed E-state index contributed by atoms with van der Waals surface area (Å²) in [5, 5.41) is 46.2. The number of nitrogens with one attached hydrogen (secondary N) is 2. The summed E-state index contributed by atoms with van der Waals surface area (Å²) in [4.78, 5) is 23.9. The Morgan fingerprint density at radius 3 is 1.41 bits per heavy atom. The van der Waals surface area contributed by atoms with Gasteiger partial charge in [0.05, 0.1) is 11.4 Å². The van der Waals surface area contributed by atoms with Crippen molar-refractivity contribution in [2.45, 2.75) is 52.4 Å². The Bertz CT molecular complexity index is 996. The smallest absolute Gasteiger partial charge is 0.240 e. The number of amides is 2. The molecule has 0 aromatic heterocycles. The van der Waals surface area contributed by atoms with Gasteiger partial charge in [-0.3, -0.25) is 9.59 Å². The summed E-state index contributed by atoms with van der Waals surface area (Å²) < 4.78 is 0. The first kappa shape index (κ1) is 26.2. The van der Waals surface area contributed by atoms with E-state index in [0.717, 1.165) is 12.8 Å². The minimum Gasteiger partial charge on any atom is -0.508 e. The lowest BCUT2D eigenvalue weighted by molar-refractivity contribution is -0.122. The van der Waals surface area contributed by atoms with Crippen molar-refractivity contribution in [2.75, 3.05) is 0 Å². The molecule has 2 aromatic rings. The van der Waals surface area contributed by atoms with Crippen LogP contribution < -0.4 is 10.9 Å². The van der Waals surface area contributed by atoms with Crippen LogP contribution in [0.2, 0.25) is 0 Å². The molecule has 0 aliphatic carbocycles. The summed E-state index contributed by atoms with van der Waals surface area (Å²) in [6.07, 6.45) is 3.39. The molecular formula is C24H30N4O6. The number of phenols is 4. The highest BCUT2D eigenvalue weighted by Gasteiger charge is 2.08. The Morgan fingerprint density at radius 2 is 1.06 bits per heavy atom. The van der Waals surface area contributed by atoms with Crippen LogP contribution in [0.15, 0.2) is 46.6 Å². The first-order valence-electron chi connectivity index (χ1n) is 10.9. The van der Waals surface area contributed by atoms with Gasteiger partial charge in [0, 0.05) is 36.1 Å². The second-order valence-corrected chi connectivity index (χ2v) is 7.78. The molecule has 6 N–H and O–H groups in total. The van der Waals surface area contributed by atoms with Crippen LogP contribution in [-0.2, 0) is 9.59 Å². The molecular weight excluding hydrogens is 440 g/mol. The molecule has 0 bridgehead atoms. The molecule has 0 fully saturated rings. The van der Waals surface area contributed by atoms with Gasteiger partial charge in [-0.2, -0.15) is 10.2 Å². The number of carbonyl (C=O) groups excluding carboxylic acids is 2. The van der Waals surface area contributed by atoms with Crippen LogP contribution in [-0.4, -0.2) is 43.7 Å². The number of hydrogen-bond donors (Lipinski definition) is 6. The lowest BCUT2D eigenvalue weighted by Gasteiger charge is -2.06. The highest BCUT2D eigenvalue weighted by Crippen LogP contribution is 2.24. The quantitative estimate of drug-likeness (QED) is 0.168. The summed E-state index contributed by atoms with van der Waals surface area (Å²) in [5.74, 6) is -0.881. The molecule has 182 valence electrons. The van der Waals surface area contributed by atoms with Crippen LogP contribution in [0.1, 0.15) is 63.5 Å².